The van der Waals surface area contributed by atoms with Crippen LogP contribution in [0, 0.1) is 0 Å². The summed E-state index contributed by atoms with van der Waals surface area (Å²) in [5.74, 6) is -0.322. The number of hydrogen-bond acceptors (Lipinski definition) is 6. The molecule has 0 rings (SSSR count). The van der Waals surface area contributed by atoms with Gasteiger partial charge >= 0.3 is 13.8 Å². The first kappa shape index (κ1) is 61.2. The van der Waals surface area contributed by atoms with E-state index in [4.69, 9.17) is 18.5 Å². The Labute approximate surface area is 390 Å². The molecule has 368 valence electrons. The number of phosphoric acid groups is 1. The quantitative estimate of drug-likeness (QED) is 0.0214. The minimum absolute atomic E-state index is 0.0835. The number of carbonyl (C=O) groups excluding carboxylic acids is 1. The SMILES string of the molecule is CCCCC/C=C\C/C=C\CCCCCCCCOCC(COP(=O)(O)OCC[N+](C)(C)C)OC(=O)CCCCCCCCCCCC/C=C\C/C=C\C/C=C\CCCCCCC. The summed E-state index contributed by atoms with van der Waals surface area (Å²) in [6.45, 7) is 5.57. The number of hydrogen-bond donors (Lipinski definition) is 1. The fourth-order valence-corrected chi connectivity index (χ4v) is 7.74. The molecule has 0 fully saturated rings. The maximum absolute atomic E-state index is 12.8. The maximum Gasteiger partial charge on any atom is 0.472 e. The van der Waals surface area contributed by atoms with Crippen LogP contribution in [0.2, 0.25) is 0 Å². The van der Waals surface area contributed by atoms with Crippen LogP contribution in [0.5, 0.6) is 0 Å². The number of allylic oxidation sites excluding steroid dienone is 10. The lowest BCUT2D eigenvalue weighted by atomic mass is 10.0. The molecule has 8 nitrogen and oxygen atoms in total. The molecule has 2 unspecified atom stereocenters. The monoisotopic (exact) mass is 907 g/mol. The predicted molar refractivity (Wildman–Crippen MR) is 270 cm³/mol. The normalized spacial score (nSPS) is 14.1. The molecule has 0 bridgehead atoms. The largest absolute Gasteiger partial charge is 0.472 e. The van der Waals surface area contributed by atoms with E-state index in [1.807, 2.05) is 21.1 Å². The van der Waals surface area contributed by atoms with Crippen LogP contribution in [0.25, 0.3) is 0 Å². The average molecular weight is 907 g/mol. The first-order valence-electron chi connectivity index (χ1n) is 26.0. The molecule has 2 atom stereocenters. The second-order valence-corrected chi connectivity index (χ2v) is 20.0. The molecule has 0 aliphatic heterocycles. The van der Waals surface area contributed by atoms with E-state index < -0.39 is 13.9 Å². The molecule has 0 aromatic heterocycles. The first-order chi connectivity index (χ1) is 30.6. The van der Waals surface area contributed by atoms with Crippen molar-refractivity contribution in [3.63, 3.8) is 0 Å². The van der Waals surface area contributed by atoms with Gasteiger partial charge in [0.25, 0.3) is 0 Å². The highest BCUT2D eigenvalue weighted by Gasteiger charge is 2.26. The van der Waals surface area contributed by atoms with Crippen LogP contribution < -0.4 is 0 Å². The molecule has 0 aliphatic carbocycles. The van der Waals surface area contributed by atoms with E-state index in [-0.39, 0.29) is 25.8 Å². The summed E-state index contributed by atoms with van der Waals surface area (Å²) in [6.07, 6.45) is 59.8. The fraction of sp³-hybridized carbons (Fsp3) is 0.796. The summed E-state index contributed by atoms with van der Waals surface area (Å²) in [5.41, 5.74) is 0. The third-order valence-electron chi connectivity index (χ3n) is 11.1. The second-order valence-electron chi connectivity index (χ2n) is 18.5. The van der Waals surface area contributed by atoms with Crippen molar-refractivity contribution < 1.29 is 37.3 Å². The molecule has 63 heavy (non-hydrogen) atoms. The van der Waals surface area contributed by atoms with Crippen LogP contribution in [-0.4, -0.2) is 75.6 Å². The molecule has 0 saturated heterocycles. The average Bonchev–Trinajstić information content (AvgIpc) is 3.24. The van der Waals surface area contributed by atoms with Crippen molar-refractivity contribution in [2.45, 2.75) is 225 Å². The zero-order valence-electron chi connectivity index (χ0n) is 41.8. The van der Waals surface area contributed by atoms with Gasteiger partial charge in [0, 0.05) is 13.0 Å². The molecule has 0 amide bonds. The minimum Gasteiger partial charge on any atom is -0.457 e. The summed E-state index contributed by atoms with van der Waals surface area (Å²) in [4.78, 5) is 23.0. The van der Waals surface area contributed by atoms with Gasteiger partial charge in [-0.3, -0.25) is 13.8 Å². The standard InChI is InChI=1S/C54H100NO7P/c1-6-8-10-12-14-16-18-20-22-24-25-26-27-28-29-30-31-32-33-35-37-39-41-43-45-47-54(56)62-53(52-61-63(57,58)60-50-48-55(3,4)5)51-59-49-46-44-42-40-38-36-34-23-21-19-17-15-13-11-9-7-2/h15,17-18,20-21,23-25,27-28,53H,6-14,16,19,22,26,29-52H2,1-5H3/p+1/b17-15-,20-18-,23-21-,25-24-,28-27-. The number of ether oxygens (including phenoxy) is 2. The summed E-state index contributed by atoms with van der Waals surface area (Å²) in [7, 11) is 1.65. The van der Waals surface area contributed by atoms with Gasteiger partial charge in [-0.2, -0.15) is 0 Å². The van der Waals surface area contributed by atoms with Gasteiger partial charge in [-0.25, -0.2) is 4.57 Å². The van der Waals surface area contributed by atoms with E-state index in [1.165, 1.54) is 141 Å². The Kier molecular flexibility index (Phi) is 45.4. The highest BCUT2D eigenvalue weighted by molar-refractivity contribution is 7.47. The third kappa shape index (κ3) is 51.1. The fourth-order valence-electron chi connectivity index (χ4n) is 7.00. The second kappa shape index (κ2) is 46.7. The molecule has 1 N–H and O–H groups in total. The molecular weight excluding hydrogens is 806 g/mol. The van der Waals surface area contributed by atoms with Crippen LogP contribution in [0.15, 0.2) is 60.8 Å². The Morgan fingerprint density at radius 3 is 1.33 bits per heavy atom. The number of esters is 1. The zero-order chi connectivity index (χ0) is 46.2. The van der Waals surface area contributed by atoms with Crippen molar-refractivity contribution >= 4 is 13.8 Å². The first-order valence-corrected chi connectivity index (χ1v) is 27.5. The molecule has 0 spiro atoms. The maximum atomic E-state index is 12.8. The highest BCUT2D eigenvalue weighted by atomic mass is 31.2. The van der Waals surface area contributed by atoms with Gasteiger partial charge in [0.2, 0.25) is 0 Å². The zero-order valence-corrected chi connectivity index (χ0v) is 42.7. The van der Waals surface area contributed by atoms with Crippen molar-refractivity contribution in [1.29, 1.82) is 0 Å². The third-order valence-corrected chi connectivity index (χ3v) is 12.0. The summed E-state index contributed by atoms with van der Waals surface area (Å²) in [5, 5.41) is 0. The van der Waals surface area contributed by atoms with Crippen molar-refractivity contribution in [1.82, 2.24) is 0 Å². The van der Waals surface area contributed by atoms with Crippen LogP contribution in [0.3, 0.4) is 0 Å². The van der Waals surface area contributed by atoms with E-state index in [9.17, 15) is 14.3 Å². The Morgan fingerprint density at radius 1 is 0.492 bits per heavy atom. The van der Waals surface area contributed by atoms with Crippen molar-refractivity contribution in [3.05, 3.63) is 60.8 Å². The summed E-state index contributed by atoms with van der Waals surface area (Å²) >= 11 is 0. The molecule has 0 radical (unpaired) electrons. The van der Waals surface area contributed by atoms with Gasteiger partial charge in [0.15, 0.2) is 0 Å². The van der Waals surface area contributed by atoms with E-state index >= 15 is 0 Å². The van der Waals surface area contributed by atoms with Gasteiger partial charge in [-0.15, -0.1) is 0 Å². The van der Waals surface area contributed by atoms with E-state index in [0.717, 1.165) is 57.8 Å². The Morgan fingerprint density at radius 2 is 0.873 bits per heavy atom. The lowest BCUT2D eigenvalue weighted by Gasteiger charge is -2.24. The number of nitrogens with zero attached hydrogens (tertiary/aromatic N) is 1. The van der Waals surface area contributed by atoms with Gasteiger partial charge in [-0.1, -0.05) is 190 Å². The number of phosphoric ester groups is 1. The Hall–Kier alpha value is -1.80. The van der Waals surface area contributed by atoms with Crippen LogP contribution >= 0.6 is 7.82 Å². The van der Waals surface area contributed by atoms with Crippen LogP contribution in [0.4, 0.5) is 0 Å². The van der Waals surface area contributed by atoms with Crippen molar-refractivity contribution in [2.24, 2.45) is 0 Å². The number of carbonyl (C=O) groups is 1. The smallest absolute Gasteiger partial charge is 0.457 e. The van der Waals surface area contributed by atoms with Gasteiger partial charge in [0.05, 0.1) is 34.4 Å². The molecule has 0 aliphatic rings. The molecular formula is C54H101NO7P+. The lowest BCUT2D eigenvalue weighted by Crippen LogP contribution is -2.37. The lowest BCUT2D eigenvalue weighted by molar-refractivity contribution is -0.870. The predicted octanol–water partition coefficient (Wildman–Crippen LogP) is 16.1. The summed E-state index contributed by atoms with van der Waals surface area (Å²) < 4.78 is 35.1. The van der Waals surface area contributed by atoms with E-state index in [2.05, 4.69) is 74.6 Å². The molecule has 0 aromatic carbocycles. The van der Waals surface area contributed by atoms with E-state index in [1.54, 1.807) is 0 Å². The Balaban J connectivity index is 4.14. The van der Waals surface area contributed by atoms with E-state index in [0.29, 0.717) is 24.1 Å². The van der Waals surface area contributed by atoms with Gasteiger partial charge in [0.1, 0.15) is 19.3 Å². The Bertz CT molecular complexity index is 1190. The number of unbranched alkanes of at least 4 members (excludes halogenated alkanes) is 24. The highest BCUT2D eigenvalue weighted by Crippen LogP contribution is 2.43. The number of quaternary nitrogens is 1. The molecule has 0 heterocycles. The van der Waals surface area contributed by atoms with Gasteiger partial charge < -0.3 is 18.9 Å². The van der Waals surface area contributed by atoms with Crippen molar-refractivity contribution in [2.75, 3.05) is 54.1 Å². The topological polar surface area (TPSA) is 91.3 Å². The molecule has 9 heteroatoms. The minimum atomic E-state index is -4.29. The van der Waals surface area contributed by atoms with Gasteiger partial charge in [-0.05, 0) is 83.5 Å². The number of likely N-dealkylation sites (N-methyl/N-ethyl adjacent to an activating group) is 1. The van der Waals surface area contributed by atoms with Crippen LogP contribution in [0.1, 0.15) is 219 Å². The summed E-state index contributed by atoms with van der Waals surface area (Å²) in [6, 6.07) is 0. The molecule has 0 saturated carbocycles. The molecule has 0 aromatic rings. The number of rotatable bonds is 48. The van der Waals surface area contributed by atoms with Crippen LogP contribution in [-0.2, 0) is 27.9 Å². The van der Waals surface area contributed by atoms with Crippen molar-refractivity contribution in [3.8, 4) is 0 Å².